The van der Waals surface area contributed by atoms with Gasteiger partial charge in [0.25, 0.3) is 0 Å². The van der Waals surface area contributed by atoms with Gasteiger partial charge in [-0.3, -0.25) is 4.79 Å². The van der Waals surface area contributed by atoms with Crippen LogP contribution in [-0.4, -0.2) is 34.6 Å². The zero-order valence-electron chi connectivity index (χ0n) is 10.1. The van der Waals surface area contributed by atoms with Crippen LogP contribution in [0.2, 0.25) is 0 Å². The van der Waals surface area contributed by atoms with Gasteiger partial charge < -0.3 is 15.2 Å². The minimum absolute atomic E-state index is 0.0250. The second-order valence-corrected chi connectivity index (χ2v) is 4.45. The Kier molecular flexibility index (Phi) is 4.55. The molecule has 17 heavy (non-hydrogen) atoms. The Labute approximate surface area is 102 Å². The monoisotopic (exact) mass is 236 g/mol. The van der Waals surface area contributed by atoms with Gasteiger partial charge in [0.2, 0.25) is 5.91 Å². The first kappa shape index (κ1) is 12.1. The Balaban J connectivity index is 1.59. The molecular formula is C12H20N4O. The summed E-state index contributed by atoms with van der Waals surface area (Å²) < 4.78 is 2.02. The van der Waals surface area contributed by atoms with E-state index < -0.39 is 0 Å². The largest absolute Gasteiger partial charge is 0.355 e. The fourth-order valence-corrected chi connectivity index (χ4v) is 2.09. The molecule has 0 bridgehead atoms. The predicted octanol–water partition coefficient (Wildman–Crippen LogP) is 0.531. The average molecular weight is 236 g/mol. The number of aryl methyl sites for hydroxylation is 1. The van der Waals surface area contributed by atoms with E-state index >= 15 is 0 Å². The molecule has 1 atom stereocenters. The second-order valence-electron chi connectivity index (χ2n) is 4.45. The summed E-state index contributed by atoms with van der Waals surface area (Å²) in [6.07, 6.45) is 9.74. The predicted molar refractivity (Wildman–Crippen MR) is 65.5 cm³/mol. The summed E-state index contributed by atoms with van der Waals surface area (Å²) in [4.78, 5) is 15.7. The molecule has 1 aromatic rings. The zero-order valence-corrected chi connectivity index (χ0v) is 10.1. The fraction of sp³-hybridized carbons (Fsp3) is 0.667. The van der Waals surface area contributed by atoms with E-state index in [0.29, 0.717) is 0 Å². The highest BCUT2D eigenvalue weighted by Gasteiger charge is 2.19. The summed E-state index contributed by atoms with van der Waals surface area (Å²) >= 11 is 0. The van der Waals surface area contributed by atoms with Crippen LogP contribution in [0.3, 0.4) is 0 Å². The Hall–Kier alpha value is -1.36. The number of hydrogen-bond acceptors (Lipinski definition) is 3. The van der Waals surface area contributed by atoms with E-state index in [-0.39, 0.29) is 11.9 Å². The van der Waals surface area contributed by atoms with Crippen molar-refractivity contribution in [2.24, 2.45) is 0 Å². The van der Waals surface area contributed by atoms with Gasteiger partial charge in [-0.1, -0.05) is 6.42 Å². The zero-order chi connectivity index (χ0) is 11.9. The number of nitrogens with zero attached hydrogens (tertiary/aromatic N) is 2. The number of nitrogens with one attached hydrogen (secondary N) is 2. The van der Waals surface area contributed by atoms with Crippen LogP contribution in [0.1, 0.15) is 25.7 Å². The minimum Gasteiger partial charge on any atom is -0.355 e. The van der Waals surface area contributed by atoms with Gasteiger partial charge >= 0.3 is 0 Å². The second kappa shape index (κ2) is 6.39. The van der Waals surface area contributed by atoms with Crippen LogP contribution in [0.4, 0.5) is 0 Å². The Bertz CT molecular complexity index is 330. The minimum atomic E-state index is 0.0250. The van der Waals surface area contributed by atoms with E-state index in [1.165, 1.54) is 6.42 Å². The Morgan fingerprint density at radius 2 is 2.47 bits per heavy atom. The molecule has 1 amide bonds. The number of hydrogen-bond donors (Lipinski definition) is 2. The molecule has 1 aliphatic heterocycles. The van der Waals surface area contributed by atoms with Gasteiger partial charge in [0.05, 0.1) is 12.4 Å². The van der Waals surface area contributed by atoms with Crippen molar-refractivity contribution in [3.8, 4) is 0 Å². The topological polar surface area (TPSA) is 59.0 Å². The molecule has 2 N–H and O–H groups in total. The van der Waals surface area contributed by atoms with Crippen molar-refractivity contribution in [2.75, 3.05) is 13.1 Å². The maximum Gasteiger partial charge on any atom is 0.237 e. The SMILES string of the molecule is O=C(NCCCn1ccnc1)[C@@H]1CCCCN1. The molecule has 0 aliphatic carbocycles. The number of rotatable bonds is 5. The number of aromatic nitrogens is 2. The third kappa shape index (κ3) is 3.85. The molecule has 0 spiro atoms. The third-order valence-electron chi connectivity index (χ3n) is 3.08. The van der Waals surface area contributed by atoms with Crippen LogP contribution in [0.25, 0.3) is 0 Å². The molecule has 5 heteroatoms. The van der Waals surface area contributed by atoms with Crippen LogP contribution < -0.4 is 10.6 Å². The summed E-state index contributed by atoms with van der Waals surface area (Å²) in [5, 5.41) is 6.23. The molecule has 0 unspecified atom stereocenters. The molecule has 5 nitrogen and oxygen atoms in total. The summed E-state index contributed by atoms with van der Waals surface area (Å²) in [6, 6.07) is 0.0250. The standard InChI is InChI=1S/C12H20N4O/c17-12(11-4-1-2-5-14-11)15-6-3-8-16-9-7-13-10-16/h7,9-11,14H,1-6,8H2,(H,15,17)/t11-/m0/s1. The van der Waals surface area contributed by atoms with E-state index in [4.69, 9.17) is 0 Å². The molecule has 0 radical (unpaired) electrons. The van der Waals surface area contributed by atoms with E-state index in [0.717, 1.165) is 38.9 Å². The highest BCUT2D eigenvalue weighted by atomic mass is 16.2. The maximum atomic E-state index is 11.8. The normalized spacial score (nSPS) is 20.1. The van der Waals surface area contributed by atoms with Gasteiger partial charge in [-0.15, -0.1) is 0 Å². The molecule has 1 saturated heterocycles. The van der Waals surface area contributed by atoms with Gasteiger partial charge in [-0.25, -0.2) is 4.98 Å². The third-order valence-corrected chi connectivity index (χ3v) is 3.08. The molecule has 1 fully saturated rings. The van der Waals surface area contributed by atoms with Gasteiger partial charge in [0.15, 0.2) is 0 Å². The lowest BCUT2D eigenvalue weighted by Crippen LogP contribution is -2.46. The summed E-state index contributed by atoms with van der Waals surface area (Å²) in [5.41, 5.74) is 0. The van der Waals surface area contributed by atoms with Crippen LogP contribution in [0, 0.1) is 0 Å². The molecule has 0 saturated carbocycles. The molecule has 2 heterocycles. The van der Waals surface area contributed by atoms with Crippen molar-refractivity contribution in [1.82, 2.24) is 20.2 Å². The molecule has 94 valence electrons. The van der Waals surface area contributed by atoms with Gasteiger partial charge in [-0.2, -0.15) is 0 Å². The van der Waals surface area contributed by atoms with Gasteiger partial charge in [0, 0.05) is 25.5 Å². The molecule has 1 aliphatic rings. The highest BCUT2D eigenvalue weighted by Crippen LogP contribution is 2.06. The number of amides is 1. The van der Waals surface area contributed by atoms with Crippen molar-refractivity contribution < 1.29 is 4.79 Å². The van der Waals surface area contributed by atoms with Crippen molar-refractivity contribution in [1.29, 1.82) is 0 Å². The smallest absolute Gasteiger partial charge is 0.237 e. The van der Waals surface area contributed by atoms with E-state index in [1.54, 1.807) is 12.5 Å². The van der Waals surface area contributed by atoms with Crippen LogP contribution in [0.15, 0.2) is 18.7 Å². The molecular weight excluding hydrogens is 216 g/mol. The number of carbonyl (C=O) groups is 1. The van der Waals surface area contributed by atoms with E-state index in [2.05, 4.69) is 15.6 Å². The lowest BCUT2D eigenvalue weighted by Gasteiger charge is -2.22. The summed E-state index contributed by atoms with van der Waals surface area (Å²) in [5.74, 6) is 0.148. The van der Waals surface area contributed by atoms with Crippen molar-refractivity contribution in [2.45, 2.75) is 38.3 Å². The molecule has 0 aromatic carbocycles. The van der Waals surface area contributed by atoms with Gasteiger partial charge in [-0.05, 0) is 25.8 Å². The molecule has 1 aromatic heterocycles. The van der Waals surface area contributed by atoms with Crippen molar-refractivity contribution in [3.63, 3.8) is 0 Å². The van der Waals surface area contributed by atoms with Crippen LogP contribution in [-0.2, 0) is 11.3 Å². The first-order chi connectivity index (χ1) is 8.36. The first-order valence-electron chi connectivity index (χ1n) is 6.33. The highest BCUT2D eigenvalue weighted by molar-refractivity contribution is 5.81. The van der Waals surface area contributed by atoms with Gasteiger partial charge in [0.1, 0.15) is 0 Å². The number of piperidine rings is 1. The Morgan fingerprint density at radius 3 is 3.18 bits per heavy atom. The molecule has 2 rings (SSSR count). The first-order valence-corrected chi connectivity index (χ1v) is 6.33. The number of carbonyl (C=O) groups excluding carboxylic acids is 1. The van der Waals surface area contributed by atoms with Crippen molar-refractivity contribution in [3.05, 3.63) is 18.7 Å². The van der Waals surface area contributed by atoms with E-state index in [1.807, 2.05) is 10.8 Å². The number of imidazole rings is 1. The fourth-order valence-electron chi connectivity index (χ4n) is 2.09. The lowest BCUT2D eigenvalue weighted by molar-refractivity contribution is -0.123. The summed E-state index contributed by atoms with van der Waals surface area (Å²) in [7, 11) is 0. The van der Waals surface area contributed by atoms with E-state index in [9.17, 15) is 4.79 Å². The maximum absolute atomic E-state index is 11.8. The quantitative estimate of drug-likeness (QED) is 0.733. The lowest BCUT2D eigenvalue weighted by atomic mass is 10.0. The van der Waals surface area contributed by atoms with Crippen molar-refractivity contribution >= 4 is 5.91 Å². The Morgan fingerprint density at radius 1 is 1.53 bits per heavy atom. The van der Waals surface area contributed by atoms with Crippen LogP contribution in [0.5, 0.6) is 0 Å². The van der Waals surface area contributed by atoms with Crippen LogP contribution >= 0.6 is 0 Å². The average Bonchev–Trinajstić information content (AvgIpc) is 2.88. The summed E-state index contributed by atoms with van der Waals surface area (Å²) in [6.45, 7) is 2.60.